The molecule has 2 aromatic carbocycles. The van der Waals surface area contributed by atoms with Crippen molar-refractivity contribution in [2.45, 2.75) is 31.1 Å². The molecule has 3 rings (SSSR count). The quantitative estimate of drug-likeness (QED) is 0.911. The van der Waals surface area contributed by atoms with Crippen LogP contribution in [0.1, 0.15) is 24.8 Å². The fourth-order valence-corrected chi connectivity index (χ4v) is 4.00. The summed E-state index contributed by atoms with van der Waals surface area (Å²) in [5.41, 5.74) is 1.82. The second kappa shape index (κ2) is 6.81. The van der Waals surface area contributed by atoms with Crippen molar-refractivity contribution < 1.29 is 12.8 Å². The number of aryl methyl sites for hydroxylation is 1. The van der Waals surface area contributed by atoms with Gasteiger partial charge in [0, 0.05) is 13.1 Å². The molecule has 0 aromatic heterocycles. The van der Waals surface area contributed by atoms with Crippen LogP contribution in [0.2, 0.25) is 0 Å². The summed E-state index contributed by atoms with van der Waals surface area (Å²) < 4.78 is 41.5. The van der Waals surface area contributed by atoms with E-state index in [1.807, 2.05) is 12.1 Å². The Morgan fingerprint density at radius 2 is 1.75 bits per heavy atom. The Bertz CT molecular complexity index is 831. The Morgan fingerprint density at radius 1 is 1.04 bits per heavy atom. The highest BCUT2D eigenvalue weighted by molar-refractivity contribution is 7.92. The second-order valence-corrected chi connectivity index (χ2v) is 7.76. The molecule has 0 radical (unpaired) electrons. The number of halogens is 1. The molecule has 1 aliphatic heterocycles. The first-order valence-electron chi connectivity index (χ1n) is 8.10. The van der Waals surface area contributed by atoms with E-state index in [4.69, 9.17) is 0 Å². The molecular formula is C18H21FN2O2S. The van der Waals surface area contributed by atoms with Crippen LogP contribution in [-0.4, -0.2) is 21.5 Å². The summed E-state index contributed by atoms with van der Waals surface area (Å²) in [7, 11) is -3.83. The summed E-state index contributed by atoms with van der Waals surface area (Å²) in [5.74, 6) is -0.526. The first kappa shape index (κ1) is 16.8. The number of para-hydroxylation sites is 2. The van der Waals surface area contributed by atoms with E-state index in [1.54, 1.807) is 19.1 Å². The van der Waals surface area contributed by atoms with Crippen molar-refractivity contribution in [3.8, 4) is 0 Å². The van der Waals surface area contributed by atoms with E-state index >= 15 is 0 Å². The Balaban J connectivity index is 1.91. The van der Waals surface area contributed by atoms with Crippen molar-refractivity contribution in [2.75, 3.05) is 22.7 Å². The van der Waals surface area contributed by atoms with Crippen molar-refractivity contribution in [2.24, 2.45) is 0 Å². The summed E-state index contributed by atoms with van der Waals surface area (Å²) in [5, 5.41) is 0. The summed E-state index contributed by atoms with van der Waals surface area (Å²) in [6, 6.07) is 11.3. The topological polar surface area (TPSA) is 49.4 Å². The monoisotopic (exact) mass is 348 g/mol. The lowest BCUT2D eigenvalue weighted by atomic mass is 10.1. The van der Waals surface area contributed by atoms with E-state index in [0.29, 0.717) is 11.3 Å². The summed E-state index contributed by atoms with van der Waals surface area (Å²) in [6.07, 6.45) is 3.40. The fraction of sp³-hybridized carbons (Fsp3) is 0.333. The van der Waals surface area contributed by atoms with Gasteiger partial charge in [-0.2, -0.15) is 0 Å². The Kier molecular flexibility index (Phi) is 4.76. The van der Waals surface area contributed by atoms with Gasteiger partial charge in [0.1, 0.15) is 5.82 Å². The average Bonchev–Trinajstić information content (AvgIpc) is 2.58. The van der Waals surface area contributed by atoms with Gasteiger partial charge in [-0.05, 0) is 56.0 Å². The molecule has 128 valence electrons. The normalized spacial score (nSPS) is 15.3. The number of piperidine rings is 1. The Morgan fingerprint density at radius 3 is 2.46 bits per heavy atom. The minimum atomic E-state index is -3.83. The number of rotatable bonds is 4. The van der Waals surface area contributed by atoms with Gasteiger partial charge in [-0.25, -0.2) is 12.8 Å². The molecule has 0 unspecified atom stereocenters. The number of anilines is 2. The van der Waals surface area contributed by atoms with E-state index in [9.17, 15) is 12.8 Å². The molecule has 1 N–H and O–H groups in total. The van der Waals surface area contributed by atoms with Gasteiger partial charge in [-0.15, -0.1) is 0 Å². The molecule has 0 saturated carbocycles. The lowest BCUT2D eigenvalue weighted by Gasteiger charge is -2.30. The Hall–Kier alpha value is -2.08. The van der Waals surface area contributed by atoms with Crippen LogP contribution in [-0.2, 0) is 10.0 Å². The highest BCUT2D eigenvalue weighted by Gasteiger charge is 2.20. The molecule has 0 amide bonds. The van der Waals surface area contributed by atoms with Gasteiger partial charge in [-0.1, -0.05) is 18.2 Å². The summed E-state index contributed by atoms with van der Waals surface area (Å²) in [4.78, 5) is 2.12. The zero-order valence-electron chi connectivity index (χ0n) is 13.6. The van der Waals surface area contributed by atoms with Crippen LogP contribution in [0.5, 0.6) is 0 Å². The van der Waals surface area contributed by atoms with E-state index < -0.39 is 15.8 Å². The molecule has 0 bridgehead atoms. The van der Waals surface area contributed by atoms with Crippen LogP contribution in [0.3, 0.4) is 0 Å². The fourth-order valence-electron chi connectivity index (χ4n) is 2.91. The third-order valence-corrected chi connectivity index (χ3v) is 5.66. The molecule has 4 nitrogen and oxygen atoms in total. The van der Waals surface area contributed by atoms with Gasteiger partial charge in [0.2, 0.25) is 0 Å². The van der Waals surface area contributed by atoms with Crippen LogP contribution in [0.15, 0.2) is 47.4 Å². The van der Waals surface area contributed by atoms with Crippen LogP contribution in [0, 0.1) is 12.7 Å². The van der Waals surface area contributed by atoms with Crippen LogP contribution in [0.4, 0.5) is 15.8 Å². The Labute approximate surface area is 142 Å². The number of nitrogens with zero attached hydrogens (tertiary/aromatic N) is 1. The maximum atomic E-state index is 13.7. The first-order chi connectivity index (χ1) is 11.5. The third kappa shape index (κ3) is 3.53. The molecule has 6 heteroatoms. The van der Waals surface area contributed by atoms with Crippen molar-refractivity contribution in [3.05, 3.63) is 53.8 Å². The second-order valence-electron chi connectivity index (χ2n) is 6.08. The zero-order chi connectivity index (χ0) is 17.2. The summed E-state index contributed by atoms with van der Waals surface area (Å²) in [6.45, 7) is 3.43. The molecule has 0 aliphatic carbocycles. The molecule has 0 spiro atoms. The lowest BCUT2D eigenvalue weighted by molar-refractivity contribution is 0.578. The predicted molar refractivity (Wildman–Crippen MR) is 94.5 cm³/mol. The lowest BCUT2D eigenvalue weighted by Crippen LogP contribution is -2.30. The van der Waals surface area contributed by atoms with Gasteiger partial charge in [0.05, 0.1) is 16.3 Å². The highest BCUT2D eigenvalue weighted by atomic mass is 32.2. The smallest absolute Gasteiger partial charge is 0.262 e. The standard InChI is InChI=1S/C18H21FN2O2S/c1-14-9-10-15(13-16(14)19)24(22,23)20-17-7-3-4-8-18(17)21-11-5-2-6-12-21/h3-4,7-10,13,20H,2,5-6,11-12H2,1H3. The predicted octanol–water partition coefficient (Wildman–Crippen LogP) is 3.93. The number of hydrogen-bond donors (Lipinski definition) is 1. The van der Waals surface area contributed by atoms with Gasteiger partial charge in [0.25, 0.3) is 10.0 Å². The molecule has 1 heterocycles. The first-order valence-corrected chi connectivity index (χ1v) is 9.59. The zero-order valence-corrected chi connectivity index (χ0v) is 14.4. The third-order valence-electron chi connectivity index (χ3n) is 4.30. The van der Waals surface area contributed by atoms with Gasteiger partial charge < -0.3 is 4.90 Å². The summed E-state index contributed by atoms with van der Waals surface area (Å²) >= 11 is 0. The van der Waals surface area contributed by atoms with Gasteiger partial charge in [-0.3, -0.25) is 4.72 Å². The molecule has 24 heavy (non-hydrogen) atoms. The van der Waals surface area contributed by atoms with Crippen molar-refractivity contribution in [1.29, 1.82) is 0 Å². The van der Waals surface area contributed by atoms with Crippen LogP contribution in [0.25, 0.3) is 0 Å². The molecule has 0 atom stereocenters. The number of hydrogen-bond acceptors (Lipinski definition) is 3. The minimum Gasteiger partial charge on any atom is -0.370 e. The number of benzene rings is 2. The maximum Gasteiger partial charge on any atom is 0.262 e. The molecule has 1 fully saturated rings. The molecule has 1 saturated heterocycles. The van der Waals surface area contributed by atoms with Crippen LogP contribution < -0.4 is 9.62 Å². The largest absolute Gasteiger partial charge is 0.370 e. The highest BCUT2D eigenvalue weighted by Crippen LogP contribution is 2.30. The SMILES string of the molecule is Cc1ccc(S(=O)(=O)Nc2ccccc2N2CCCCC2)cc1F. The van der Waals surface area contributed by atoms with Crippen molar-refractivity contribution in [1.82, 2.24) is 0 Å². The minimum absolute atomic E-state index is 0.0703. The van der Waals surface area contributed by atoms with E-state index in [2.05, 4.69) is 9.62 Å². The van der Waals surface area contributed by atoms with Crippen molar-refractivity contribution >= 4 is 21.4 Å². The average molecular weight is 348 g/mol. The number of sulfonamides is 1. The molecular weight excluding hydrogens is 327 g/mol. The van der Waals surface area contributed by atoms with Crippen molar-refractivity contribution in [3.63, 3.8) is 0 Å². The van der Waals surface area contributed by atoms with Gasteiger partial charge in [0.15, 0.2) is 0 Å². The molecule has 1 aliphatic rings. The van der Waals surface area contributed by atoms with E-state index in [1.165, 1.54) is 18.6 Å². The molecule has 2 aromatic rings. The maximum absolute atomic E-state index is 13.7. The van der Waals surface area contributed by atoms with Gasteiger partial charge >= 0.3 is 0 Å². The van der Waals surface area contributed by atoms with E-state index in [-0.39, 0.29) is 4.90 Å². The van der Waals surface area contributed by atoms with Crippen LogP contribution >= 0.6 is 0 Å². The number of nitrogens with one attached hydrogen (secondary N) is 1. The van der Waals surface area contributed by atoms with E-state index in [0.717, 1.165) is 37.7 Å².